The van der Waals surface area contributed by atoms with Crippen LogP contribution in [0.25, 0.3) is 11.2 Å². The largest absolute Gasteiger partial charge is 0.300 e. The fourth-order valence-corrected chi connectivity index (χ4v) is 1.80. The molecule has 0 fully saturated rings. The molecule has 0 N–H and O–H groups in total. The van der Waals surface area contributed by atoms with Gasteiger partial charge in [0.15, 0.2) is 11.2 Å². The molecular formula is C12H11N5O. The zero-order chi connectivity index (χ0) is 12.5. The van der Waals surface area contributed by atoms with Crippen molar-refractivity contribution in [2.75, 3.05) is 0 Å². The van der Waals surface area contributed by atoms with Crippen LogP contribution in [-0.2, 0) is 13.6 Å². The van der Waals surface area contributed by atoms with Crippen LogP contribution >= 0.6 is 0 Å². The maximum Gasteiger partial charge on any atom is 0.283 e. The van der Waals surface area contributed by atoms with Gasteiger partial charge in [0.1, 0.15) is 0 Å². The maximum absolute atomic E-state index is 11.8. The number of aryl methyl sites for hydroxylation is 1. The van der Waals surface area contributed by atoms with E-state index in [-0.39, 0.29) is 5.56 Å². The van der Waals surface area contributed by atoms with Crippen LogP contribution in [0.4, 0.5) is 0 Å². The molecule has 2 aromatic heterocycles. The summed E-state index contributed by atoms with van der Waals surface area (Å²) in [5.41, 5.74) is 1.73. The van der Waals surface area contributed by atoms with E-state index in [1.54, 1.807) is 11.7 Å². The van der Waals surface area contributed by atoms with Gasteiger partial charge in [0, 0.05) is 7.05 Å². The molecule has 0 unspecified atom stereocenters. The first-order chi connectivity index (χ1) is 8.75. The highest BCUT2D eigenvalue weighted by Crippen LogP contribution is 2.06. The van der Waals surface area contributed by atoms with Gasteiger partial charge in [-0.2, -0.15) is 0 Å². The number of hydrogen-bond donors (Lipinski definition) is 0. The van der Waals surface area contributed by atoms with Gasteiger partial charge >= 0.3 is 0 Å². The van der Waals surface area contributed by atoms with E-state index in [1.807, 2.05) is 30.3 Å². The van der Waals surface area contributed by atoms with Crippen LogP contribution in [0.1, 0.15) is 5.56 Å². The molecule has 0 atom stereocenters. The molecule has 2 heterocycles. The van der Waals surface area contributed by atoms with Crippen molar-refractivity contribution in [3.05, 3.63) is 52.6 Å². The Morgan fingerprint density at radius 3 is 2.78 bits per heavy atom. The van der Waals surface area contributed by atoms with E-state index < -0.39 is 0 Å². The minimum atomic E-state index is -0.181. The second kappa shape index (κ2) is 4.06. The van der Waals surface area contributed by atoms with Crippen LogP contribution in [0.3, 0.4) is 0 Å². The Morgan fingerprint density at radius 1 is 1.22 bits per heavy atom. The average Bonchev–Trinajstić information content (AvgIpc) is 2.79. The van der Waals surface area contributed by atoms with Crippen LogP contribution in [0.5, 0.6) is 0 Å². The van der Waals surface area contributed by atoms with Crippen molar-refractivity contribution in [1.29, 1.82) is 0 Å². The quantitative estimate of drug-likeness (QED) is 0.658. The second-order valence-corrected chi connectivity index (χ2v) is 4.07. The molecule has 3 rings (SSSR count). The molecule has 0 aliphatic rings. The lowest BCUT2D eigenvalue weighted by atomic mass is 10.2. The van der Waals surface area contributed by atoms with Crippen LogP contribution < -0.4 is 5.56 Å². The first-order valence-electron chi connectivity index (χ1n) is 5.54. The minimum Gasteiger partial charge on any atom is -0.300 e. The van der Waals surface area contributed by atoms with Gasteiger partial charge < -0.3 is 4.57 Å². The van der Waals surface area contributed by atoms with Gasteiger partial charge in [-0.3, -0.25) is 4.79 Å². The summed E-state index contributed by atoms with van der Waals surface area (Å²) in [4.78, 5) is 16.0. The lowest BCUT2D eigenvalue weighted by Crippen LogP contribution is -2.17. The topological polar surface area (TPSA) is 65.6 Å². The minimum absolute atomic E-state index is 0.181. The van der Waals surface area contributed by atoms with Crippen molar-refractivity contribution in [2.24, 2.45) is 7.05 Å². The van der Waals surface area contributed by atoms with Gasteiger partial charge in [0.05, 0.1) is 12.9 Å². The molecule has 0 spiro atoms. The van der Waals surface area contributed by atoms with Crippen molar-refractivity contribution in [3.63, 3.8) is 0 Å². The SMILES string of the molecule is Cn1cnc2c(nnn2Cc2ccccc2)c1=O. The van der Waals surface area contributed by atoms with Gasteiger partial charge in [0.25, 0.3) is 5.56 Å². The summed E-state index contributed by atoms with van der Waals surface area (Å²) in [7, 11) is 1.64. The highest BCUT2D eigenvalue weighted by atomic mass is 16.1. The van der Waals surface area contributed by atoms with Gasteiger partial charge in [-0.25, -0.2) is 9.67 Å². The second-order valence-electron chi connectivity index (χ2n) is 4.07. The average molecular weight is 241 g/mol. The highest BCUT2D eigenvalue weighted by molar-refractivity contribution is 5.67. The van der Waals surface area contributed by atoms with Gasteiger partial charge in [-0.05, 0) is 5.56 Å². The molecule has 1 aromatic carbocycles. The lowest BCUT2D eigenvalue weighted by Gasteiger charge is -2.01. The number of fused-ring (bicyclic) bond motifs is 1. The van der Waals surface area contributed by atoms with Crippen molar-refractivity contribution in [3.8, 4) is 0 Å². The van der Waals surface area contributed by atoms with Crippen molar-refractivity contribution in [2.45, 2.75) is 6.54 Å². The van der Waals surface area contributed by atoms with E-state index in [0.717, 1.165) is 5.56 Å². The van der Waals surface area contributed by atoms with Gasteiger partial charge in [-0.15, -0.1) is 5.10 Å². The number of nitrogens with zero attached hydrogens (tertiary/aromatic N) is 5. The van der Waals surface area contributed by atoms with Crippen LogP contribution in [0.2, 0.25) is 0 Å². The number of hydrogen-bond acceptors (Lipinski definition) is 4. The van der Waals surface area contributed by atoms with Crippen LogP contribution in [0.15, 0.2) is 41.5 Å². The van der Waals surface area contributed by atoms with Crippen molar-refractivity contribution < 1.29 is 0 Å². The summed E-state index contributed by atoms with van der Waals surface area (Å²) < 4.78 is 3.02. The normalized spacial score (nSPS) is 10.9. The number of rotatable bonds is 2. The molecule has 0 amide bonds. The molecule has 18 heavy (non-hydrogen) atoms. The summed E-state index contributed by atoms with van der Waals surface area (Å²) in [5.74, 6) is 0. The highest BCUT2D eigenvalue weighted by Gasteiger charge is 2.10. The summed E-state index contributed by atoms with van der Waals surface area (Å²) in [5, 5.41) is 7.88. The van der Waals surface area contributed by atoms with E-state index in [4.69, 9.17) is 0 Å². The predicted molar refractivity (Wildman–Crippen MR) is 66.1 cm³/mol. The Kier molecular flexibility index (Phi) is 2.40. The molecular weight excluding hydrogens is 230 g/mol. The molecule has 0 bridgehead atoms. The van der Waals surface area contributed by atoms with Crippen molar-refractivity contribution >= 4 is 11.2 Å². The summed E-state index contributed by atoms with van der Waals surface area (Å²) in [6.45, 7) is 0.553. The van der Waals surface area contributed by atoms with E-state index in [0.29, 0.717) is 17.7 Å². The van der Waals surface area contributed by atoms with E-state index in [2.05, 4.69) is 15.3 Å². The molecule has 6 nitrogen and oxygen atoms in total. The van der Waals surface area contributed by atoms with Gasteiger partial charge in [0.2, 0.25) is 0 Å². The molecule has 0 saturated heterocycles. The van der Waals surface area contributed by atoms with E-state index in [1.165, 1.54) is 10.9 Å². The third kappa shape index (κ3) is 1.67. The van der Waals surface area contributed by atoms with Crippen LogP contribution in [0, 0.1) is 0 Å². The Morgan fingerprint density at radius 2 is 2.00 bits per heavy atom. The Labute approximate surface area is 103 Å². The molecule has 0 saturated carbocycles. The molecule has 0 radical (unpaired) electrons. The Balaban J connectivity index is 2.09. The smallest absolute Gasteiger partial charge is 0.283 e. The summed E-state index contributed by atoms with van der Waals surface area (Å²) in [6.07, 6.45) is 1.48. The van der Waals surface area contributed by atoms with E-state index in [9.17, 15) is 4.79 Å². The molecule has 0 aliphatic carbocycles. The zero-order valence-corrected chi connectivity index (χ0v) is 9.82. The molecule has 6 heteroatoms. The maximum atomic E-state index is 11.8. The first kappa shape index (κ1) is 10.6. The molecule has 3 aromatic rings. The summed E-state index contributed by atoms with van der Waals surface area (Å²) in [6, 6.07) is 9.86. The third-order valence-corrected chi connectivity index (χ3v) is 2.76. The number of benzene rings is 1. The zero-order valence-electron chi connectivity index (χ0n) is 9.82. The van der Waals surface area contributed by atoms with Crippen LogP contribution in [-0.4, -0.2) is 24.5 Å². The number of aromatic nitrogens is 5. The van der Waals surface area contributed by atoms with E-state index >= 15 is 0 Å². The van der Waals surface area contributed by atoms with Gasteiger partial charge in [-0.1, -0.05) is 35.5 Å². The fraction of sp³-hybridized carbons (Fsp3) is 0.167. The Bertz CT molecular complexity index is 744. The third-order valence-electron chi connectivity index (χ3n) is 2.76. The predicted octanol–water partition coefficient (Wildman–Crippen LogP) is 0.573. The standard InChI is InChI=1S/C12H11N5O/c1-16-8-13-11-10(12(16)18)14-15-17(11)7-9-5-3-2-4-6-9/h2-6,8H,7H2,1H3. The summed E-state index contributed by atoms with van der Waals surface area (Å²) >= 11 is 0. The lowest BCUT2D eigenvalue weighted by molar-refractivity contribution is 0.663. The monoisotopic (exact) mass is 241 g/mol. The molecule has 0 aliphatic heterocycles. The first-order valence-corrected chi connectivity index (χ1v) is 5.54. The Hall–Kier alpha value is -2.50. The fourth-order valence-electron chi connectivity index (χ4n) is 1.80. The molecule has 90 valence electrons. The van der Waals surface area contributed by atoms with Crippen molar-refractivity contribution in [1.82, 2.24) is 24.5 Å².